The van der Waals surface area contributed by atoms with Crippen molar-refractivity contribution in [3.8, 4) is 11.1 Å². The molecule has 3 heterocycles. The van der Waals surface area contributed by atoms with E-state index in [4.69, 9.17) is 11.6 Å². The molecule has 7 heteroatoms. The second-order valence-electron chi connectivity index (χ2n) is 5.95. The second-order valence-corrected chi connectivity index (χ2v) is 6.36. The summed E-state index contributed by atoms with van der Waals surface area (Å²) in [5, 5.41) is 8.18. The first kappa shape index (κ1) is 15.8. The van der Waals surface area contributed by atoms with E-state index in [-0.39, 0.29) is 5.02 Å². The lowest BCUT2D eigenvalue weighted by Gasteiger charge is -2.18. The first-order chi connectivity index (χ1) is 12.1. The topological polar surface area (TPSA) is 45.2 Å². The van der Waals surface area contributed by atoms with Crippen LogP contribution < -0.4 is 9.80 Å². The highest BCUT2D eigenvalue weighted by Crippen LogP contribution is 2.37. The minimum absolute atomic E-state index is 0.103. The minimum Gasteiger partial charge on any atom is -0.345 e. The van der Waals surface area contributed by atoms with E-state index in [1.54, 1.807) is 24.5 Å². The molecule has 0 amide bonds. The van der Waals surface area contributed by atoms with E-state index in [1.165, 1.54) is 6.07 Å². The molecule has 0 radical (unpaired) electrons. The number of nitrogens with zero attached hydrogens (tertiary/aromatic N) is 5. The Morgan fingerprint density at radius 3 is 2.84 bits per heavy atom. The van der Waals surface area contributed by atoms with Crippen molar-refractivity contribution < 1.29 is 4.39 Å². The van der Waals surface area contributed by atoms with Crippen molar-refractivity contribution in [2.45, 2.75) is 6.54 Å². The maximum absolute atomic E-state index is 13.4. The Bertz CT molecular complexity index is 919. The lowest BCUT2D eigenvalue weighted by Crippen LogP contribution is -2.28. The Balaban J connectivity index is 1.70. The summed E-state index contributed by atoms with van der Waals surface area (Å²) in [7, 11) is 2.00. The Hall–Kier alpha value is -2.73. The predicted octanol–water partition coefficient (Wildman–Crippen LogP) is 3.75. The molecule has 1 aliphatic heterocycles. The molecule has 0 spiro atoms. The summed E-state index contributed by atoms with van der Waals surface area (Å²) in [6.45, 7) is 1.35. The van der Waals surface area contributed by atoms with Crippen LogP contribution in [0.3, 0.4) is 0 Å². The smallest absolute Gasteiger partial charge is 0.153 e. The van der Waals surface area contributed by atoms with Crippen molar-refractivity contribution in [3.63, 3.8) is 0 Å². The van der Waals surface area contributed by atoms with Gasteiger partial charge in [-0.2, -0.15) is 10.2 Å². The third-order valence-electron chi connectivity index (χ3n) is 4.17. The summed E-state index contributed by atoms with van der Waals surface area (Å²) in [4.78, 5) is 8.83. The molecule has 0 unspecified atom stereocenters. The van der Waals surface area contributed by atoms with E-state index in [9.17, 15) is 4.39 Å². The van der Waals surface area contributed by atoms with Gasteiger partial charge < -0.3 is 9.80 Å². The van der Waals surface area contributed by atoms with Crippen molar-refractivity contribution in [3.05, 3.63) is 65.3 Å². The van der Waals surface area contributed by atoms with Gasteiger partial charge in [0.1, 0.15) is 5.82 Å². The van der Waals surface area contributed by atoms with E-state index in [2.05, 4.69) is 25.0 Å². The summed E-state index contributed by atoms with van der Waals surface area (Å²) in [5.41, 5.74) is 3.61. The Kier molecular flexibility index (Phi) is 3.97. The molecule has 0 bridgehead atoms. The molecule has 0 saturated heterocycles. The van der Waals surface area contributed by atoms with E-state index in [0.29, 0.717) is 13.2 Å². The molecule has 5 nitrogen and oxygen atoms in total. The number of benzene rings is 1. The van der Waals surface area contributed by atoms with Crippen molar-refractivity contribution in [1.82, 2.24) is 15.2 Å². The zero-order valence-corrected chi connectivity index (χ0v) is 14.3. The molecule has 126 valence electrons. The summed E-state index contributed by atoms with van der Waals surface area (Å²) in [6, 6.07) is 10.6. The molecule has 1 aromatic carbocycles. The molecule has 0 atom stereocenters. The summed E-state index contributed by atoms with van der Waals surface area (Å²) < 4.78 is 13.4. The highest BCUT2D eigenvalue weighted by molar-refractivity contribution is 6.31. The summed E-state index contributed by atoms with van der Waals surface area (Å²) in [5.74, 6) is 0.476. The van der Waals surface area contributed by atoms with Crippen molar-refractivity contribution in [2.24, 2.45) is 0 Å². The predicted molar refractivity (Wildman–Crippen MR) is 96.1 cm³/mol. The molecular formula is C18H15ClFN5. The van der Waals surface area contributed by atoms with Gasteiger partial charge >= 0.3 is 0 Å². The van der Waals surface area contributed by atoms with Crippen LogP contribution in [0.4, 0.5) is 15.9 Å². The average molecular weight is 356 g/mol. The van der Waals surface area contributed by atoms with Gasteiger partial charge in [-0.3, -0.25) is 0 Å². The summed E-state index contributed by atoms with van der Waals surface area (Å²) >= 11 is 5.91. The van der Waals surface area contributed by atoms with Crippen LogP contribution in [0.25, 0.3) is 11.1 Å². The average Bonchev–Trinajstić information content (AvgIpc) is 2.93. The van der Waals surface area contributed by atoms with Gasteiger partial charge in [0.25, 0.3) is 0 Å². The molecule has 0 N–H and O–H groups in total. The zero-order chi connectivity index (χ0) is 17.4. The van der Waals surface area contributed by atoms with Crippen LogP contribution in [0.1, 0.15) is 5.69 Å². The third-order valence-corrected chi connectivity index (χ3v) is 4.46. The quantitative estimate of drug-likeness (QED) is 0.716. The van der Waals surface area contributed by atoms with Crippen molar-refractivity contribution in [1.29, 1.82) is 0 Å². The monoisotopic (exact) mass is 355 g/mol. The van der Waals surface area contributed by atoms with Gasteiger partial charge in [-0.1, -0.05) is 17.7 Å². The molecule has 0 fully saturated rings. The SMILES string of the molecule is CN1CN(Cc2cccnn2)c2cc(-c3ccc(F)c(Cl)c3)cnc21. The van der Waals surface area contributed by atoms with Crippen LogP contribution in [0.5, 0.6) is 0 Å². The van der Waals surface area contributed by atoms with Crippen LogP contribution in [0.15, 0.2) is 48.8 Å². The number of hydrogen-bond acceptors (Lipinski definition) is 5. The van der Waals surface area contributed by atoms with E-state index in [1.807, 2.05) is 25.2 Å². The molecule has 0 aliphatic carbocycles. The van der Waals surface area contributed by atoms with E-state index in [0.717, 1.165) is 28.3 Å². The fraction of sp³-hybridized carbons (Fsp3) is 0.167. The molecule has 4 rings (SSSR count). The van der Waals surface area contributed by atoms with Gasteiger partial charge in [-0.15, -0.1) is 0 Å². The highest BCUT2D eigenvalue weighted by Gasteiger charge is 2.25. The van der Waals surface area contributed by atoms with Crippen molar-refractivity contribution >= 4 is 23.1 Å². The minimum atomic E-state index is -0.427. The molecule has 1 aliphatic rings. The Labute approximate surface area is 149 Å². The first-order valence-corrected chi connectivity index (χ1v) is 8.18. The van der Waals surface area contributed by atoms with E-state index < -0.39 is 5.82 Å². The van der Waals surface area contributed by atoms with Gasteiger partial charge in [-0.05, 0) is 35.9 Å². The molecular weight excluding hydrogens is 341 g/mol. The Morgan fingerprint density at radius 2 is 2.08 bits per heavy atom. The van der Waals surface area contributed by atoms with Crippen LogP contribution in [0.2, 0.25) is 5.02 Å². The van der Waals surface area contributed by atoms with Crippen LogP contribution in [0, 0.1) is 5.82 Å². The second kappa shape index (κ2) is 6.29. The largest absolute Gasteiger partial charge is 0.345 e. The van der Waals surface area contributed by atoms with Crippen LogP contribution in [-0.4, -0.2) is 28.9 Å². The number of fused-ring (bicyclic) bond motifs is 1. The fourth-order valence-corrected chi connectivity index (χ4v) is 3.13. The van der Waals surface area contributed by atoms with Gasteiger partial charge in [0.05, 0.1) is 29.6 Å². The maximum atomic E-state index is 13.4. The van der Waals surface area contributed by atoms with Gasteiger partial charge in [0.2, 0.25) is 0 Å². The molecule has 25 heavy (non-hydrogen) atoms. The van der Waals surface area contributed by atoms with Crippen LogP contribution >= 0.6 is 11.6 Å². The fourth-order valence-electron chi connectivity index (χ4n) is 2.95. The zero-order valence-electron chi connectivity index (χ0n) is 13.5. The first-order valence-electron chi connectivity index (χ1n) is 7.80. The van der Waals surface area contributed by atoms with Gasteiger partial charge in [-0.25, -0.2) is 9.37 Å². The lowest BCUT2D eigenvalue weighted by molar-refractivity contribution is 0.628. The lowest BCUT2D eigenvalue weighted by atomic mass is 10.1. The number of aromatic nitrogens is 3. The van der Waals surface area contributed by atoms with Crippen molar-refractivity contribution in [2.75, 3.05) is 23.5 Å². The number of rotatable bonds is 3. The molecule has 3 aromatic rings. The van der Waals surface area contributed by atoms with Crippen LogP contribution in [-0.2, 0) is 6.54 Å². The maximum Gasteiger partial charge on any atom is 0.153 e. The third kappa shape index (κ3) is 3.00. The highest BCUT2D eigenvalue weighted by atomic mass is 35.5. The number of hydrogen-bond donors (Lipinski definition) is 0. The normalized spacial score (nSPS) is 13.2. The number of anilines is 2. The number of pyridine rings is 1. The number of halogens is 2. The van der Waals surface area contributed by atoms with Gasteiger partial charge in [0, 0.05) is 25.0 Å². The molecule has 2 aromatic heterocycles. The summed E-state index contributed by atoms with van der Waals surface area (Å²) in [6.07, 6.45) is 3.44. The van der Waals surface area contributed by atoms with Gasteiger partial charge in [0.15, 0.2) is 5.82 Å². The molecule has 0 saturated carbocycles. The van der Waals surface area contributed by atoms with E-state index >= 15 is 0 Å². The standard InChI is InChI=1S/C18H15ClFN5/c1-24-11-25(10-14-3-2-6-22-23-14)17-8-13(9-21-18(17)24)12-4-5-16(20)15(19)7-12/h2-9H,10-11H2,1H3. The Morgan fingerprint density at radius 1 is 1.20 bits per heavy atom.